The largest absolute Gasteiger partial charge is 0.322 e. The van der Waals surface area contributed by atoms with Gasteiger partial charge in [-0.25, -0.2) is 0 Å². The van der Waals surface area contributed by atoms with Gasteiger partial charge in [0.2, 0.25) is 11.8 Å². The molecule has 1 unspecified atom stereocenters. The molecule has 7 heteroatoms. The third kappa shape index (κ3) is 3.02. The maximum absolute atomic E-state index is 12.9. The van der Waals surface area contributed by atoms with Crippen LogP contribution in [0.4, 0.5) is 0 Å². The molecule has 148 valence electrons. The summed E-state index contributed by atoms with van der Waals surface area (Å²) in [6, 6.07) is 5.57. The van der Waals surface area contributed by atoms with E-state index in [-0.39, 0.29) is 24.1 Å². The standard InChI is InChI=1S/C21H26N4O3/c26-18-5-4-17(19(27)23-18)25-10-15-3-2-14(8-16(15)20(25)28)9-24-12-21(13-24)6-1-7-22-11-21/h2-3,8,17,22H,1,4-7,9-13H2,(H,23,26,27). The first-order valence-electron chi connectivity index (χ1n) is 10.2. The zero-order valence-corrected chi connectivity index (χ0v) is 16.0. The SMILES string of the molecule is O=C1CCC(N2Cc3ccc(CN4CC5(CCCNC5)C4)cc3C2=O)C(=O)N1. The third-order valence-electron chi connectivity index (χ3n) is 6.68. The molecule has 3 saturated heterocycles. The number of piperidine rings is 2. The number of fused-ring (bicyclic) bond motifs is 1. The van der Waals surface area contributed by atoms with Gasteiger partial charge in [-0.3, -0.25) is 24.6 Å². The van der Waals surface area contributed by atoms with Gasteiger partial charge >= 0.3 is 0 Å². The molecule has 0 aliphatic carbocycles. The Hall–Kier alpha value is -2.25. The molecule has 0 aromatic heterocycles. The molecule has 5 rings (SSSR count). The summed E-state index contributed by atoms with van der Waals surface area (Å²) in [5.74, 6) is -0.708. The first-order valence-corrected chi connectivity index (χ1v) is 10.2. The smallest absolute Gasteiger partial charge is 0.255 e. The van der Waals surface area contributed by atoms with Crippen LogP contribution < -0.4 is 10.6 Å². The number of nitrogens with one attached hydrogen (secondary N) is 2. The van der Waals surface area contributed by atoms with Crippen molar-refractivity contribution in [1.29, 1.82) is 0 Å². The van der Waals surface area contributed by atoms with Crippen molar-refractivity contribution >= 4 is 17.7 Å². The summed E-state index contributed by atoms with van der Waals surface area (Å²) in [5.41, 5.74) is 3.27. The number of amides is 3. The topological polar surface area (TPSA) is 81.8 Å². The van der Waals surface area contributed by atoms with E-state index in [0.29, 0.717) is 23.9 Å². The van der Waals surface area contributed by atoms with Crippen LogP contribution in [-0.2, 0) is 22.7 Å². The summed E-state index contributed by atoms with van der Waals surface area (Å²) in [6.07, 6.45) is 3.26. The molecule has 3 amide bonds. The van der Waals surface area contributed by atoms with Gasteiger partial charge in [-0.1, -0.05) is 12.1 Å². The number of likely N-dealkylation sites (tertiary alicyclic amines) is 1. The number of hydrogen-bond acceptors (Lipinski definition) is 5. The highest BCUT2D eigenvalue weighted by atomic mass is 16.2. The molecule has 4 aliphatic heterocycles. The molecule has 1 atom stereocenters. The van der Waals surface area contributed by atoms with E-state index in [9.17, 15) is 14.4 Å². The molecular weight excluding hydrogens is 356 g/mol. The Morgan fingerprint density at radius 1 is 1.18 bits per heavy atom. The Kier molecular flexibility index (Phi) is 4.25. The molecule has 3 fully saturated rings. The predicted molar refractivity (Wildman–Crippen MR) is 102 cm³/mol. The predicted octanol–water partition coefficient (Wildman–Crippen LogP) is 0.633. The van der Waals surface area contributed by atoms with E-state index in [0.717, 1.165) is 43.9 Å². The quantitative estimate of drug-likeness (QED) is 0.750. The maximum atomic E-state index is 12.9. The van der Waals surface area contributed by atoms with Crippen molar-refractivity contribution in [3.63, 3.8) is 0 Å². The van der Waals surface area contributed by atoms with Crippen molar-refractivity contribution in [2.45, 2.75) is 44.8 Å². The monoisotopic (exact) mass is 382 g/mol. The third-order valence-corrected chi connectivity index (χ3v) is 6.68. The van der Waals surface area contributed by atoms with Gasteiger partial charge in [-0.05, 0) is 43.0 Å². The summed E-state index contributed by atoms with van der Waals surface area (Å²) in [7, 11) is 0. The molecule has 0 bridgehead atoms. The van der Waals surface area contributed by atoms with Crippen molar-refractivity contribution in [2.75, 3.05) is 26.2 Å². The molecule has 1 aromatic carbocycles. The highest BCUT2D eigenvalue weighted by Crippen LogP contribution is 2.37. The maximum Gasteiger partial charge on any atom is 0.255 e. The first-order chi connectivity index (χ1) is 13.5. The Balaban J connectivity index is 1.25. The van der Waals surface area contributed by atoms with Crippen LogP contribution in [0.15, 0.2) is 18.2 Å². The molecule has 2 N–H and O–H groups in total. The van der Waals surface area contributed by atoms with Gasteiger partial charge in [0.05, 0.1) is 0 Å². The van der Waals surface area contributed by atoms with Crippen molar-refractivity contribution in [3.05, 3.63) is 34.9 Å². The highest BCUT2D eigenvalue weighted by Gasteiger charge is 2.43. The fraction of sp³-hybridized carbons (Fsp3) is 0.571. The molecule has 4 heterocycles. The van der Waals surface area contributed by atoms with E-state index in [1.54, 1.807) is 4.90 Å². The van der Waals surface area contributed by atoms with E-state index in [4.69, 9.17) is 0 Å². The number of carbonyl (C=O) groups excluding carboxylic acids is 3. The number of carbonyl (C=O) groups is 3. The normalized spacial score (nSPS) is 26.9. The van der Waals surface area contributed by atoms with Crippen LogP contribution in [0.25, 0.3) is 0 Å². The second kappa shape index (κ2) is 6.67. The lowest BCUT2D eigenvalue weighted by Gasteiger charge is -2.52. The van der Waals surface area contributed by atoms with Crippen LogP contribution in [-0.4, -0.2) is 59.7 Å². The fourth-order valence-corrected chi connectivity index (χ4v) is 5.27. The van der Waals surface area contributed by atoms with Crippen LogP contribution >= 0.6 is 0 Å². The summed E-state index contributed by atoms with van der Waals surface area (Å²) in [5, 5.41) is 5.86. The molecule has 1 aromatic rings. The number of benzene rings is 1. The lowest BCUT2D eigenvalue weighted by molar-refractivity contribution is -0.136. The van der Waals surface area contributed by atoms with Gasteiger partial charge in [0.1, 0.15) is 6.04 Å². The minimum absolute atomic E-state index is 0.0945. The van der Waals surface area contributed by atoms with Crippen LogP contribution in [0.2, 0.25) is 0 Å². The summed E-state index contributed by atoms with van der Waals surface area (Å²) >= 11 is 0. The lowest BCUT2D eigenvalue weighted by atomic mass is 9.74. The van der Waals surface area contributed by atoms with E-state index in [2.05, 4.69) is 21.6 Å². The Morgan fingerprint density at radius 3 is 2.79 bits per heavy atom. The van der Waals surface area contributed by atoms with Gasteiger partial charge in [0.25, 0.3) is 5.91 Å². The minimum atomic E-state index is -0.546. The molecular formula is C21H26N4O3. The molecule has 1 spiro atoms. The molecule has 0 radical (unpaired) electrons. The van der Waals surface area contributed by atoms with Crippen molar-refractivity contribution in [2.24, 2.45) is 5.41 Å². The number of imide groups is 1. The second-order valence-electron chi connectivity index (χ2n) is 8.82. The highest BCUT2D eigenvalue weighted by molar-refractivity contribution is 6.05. The van der Waals surface area contributed by atoms with E-state index in [1.165, 1.54) is 12.8 Å². The molecule has 7 nitrogen and oxygen atoms in total. The van der Waals surface area contributed by atoms with E-state index >= 15 is 0 Å². The number of nitrogens with zero attached hydrogens (tertiary/aromatic N) is 2. The summed E-state index contributed by atoms with van der Waals surface area (Å²) < 4.78 is 0. The minimum Gasteiger partial charge on any atom is -0.322 e. The van der Waals surface area contributed by atoms with Crippen LogP contribution in [0.5, 0.6) is 0 Å². The van der Waals surface area contributed by atoms with Gasteiger partial charge in [0.15, 0.2) is 0 Å². The van der Waals surface area contributed by atoms with Crippen molar-refractivity contribution in [3.8, 4) is 0 Å². The Morgan fingerprint density at radius 2 is 2.04 bits per heavy atom. The van der Waals surface area contributed by atoms with E-state index in [1.807, 2.05) is 12.1 Å². The fourth-order valence-electron chi connectivity index (χ4n) is 5.27. The lowest BCUT2D eigenvalue weighted by Crippen LogP contribution is -2.61. The van der Waals surface area contributed by atoms with Gasteiger partial charge in [0, 0.05) is 50.1 Å². The Bertz CT molecular complexity index is 838. The second-order valence-corrected chi connectivity index (χ2v) is 8.82. The number of hydrogen-bond donors (Lipinski definition) is 2. The molecule has 0 saturated carbocycles. The van der Waals surface area contributed by atoms with Gasteiger partial charge in [-0.15, -0.1) is 0 Å². The zero-order chi connectivity index (χ0) is 19.3. The first kappa shape index (κ1) is 17.8. The van der Waals surface area contributed by atoms with Crippen LogP contribution in [0.1, 0.15) is 47.2 Å². The zero-order valence-electron chi connectivity index (χ0n) is 16.0. The van der Waals surface area contributed by atoms with E-state index < -0.39 is 6.04 Å². The molecule has 4 aliphatic rings. The van der Waals surface area contributed by atoms with Gasteiger partial charge in [-0.2, -0.15) is 0 Å². The van der Waals surface area contributed by atoms with Crippen LogP contribution in [0.3, 0.4) is 0 Å². The average Bonchev–Trinajstić information content (AvgIpc) is 2.98. The Labute approximate surface area is 164 Å². The van der Waals surface area contributed by atoms with Crippen molar-refractivity contribution in [1.82, 2.24) is 20.4 Å². The van der Waals surface area contributed by atoms with Gasteiger partial charge < -0.3 is 10.2 Å². The molecule has 28 heavy (non-hydrogen) atoms. The number of rotatable bonds is 3. The average molecular weight is 382 g/mol. The summed E-state index contributed by atoms with van der Waals surface area (Å²) in [6.45, 7) is 5.80. The van der Waals surface area contributed by atoms with Crippen LogP contribution in [0, 0.1) is 5.41 Å². The summed E-state index contributed by atoms with van der Waals surface area (Å²) in [4.78, 5) is 40.5. The van der Waals surface area contributed by atoms with Crippen molar-refractivity contribution < 1.29 is 14.4 Å².